The standard InChI is InChI=1S/C10H9ClN2O3/c11-7-1-2-12-8(4-7)13-5-6(10(15)16)3-9(13)14/h1-2,4,6H,3,5H2,(H,15,16). The van der Waals surface area contributed by atoms with Gasteiger partial charge in [-0.05, 0) is 12.1 Å². The Morgan fingerprint density at radius 2 is 2.38 bits per heavy atom. The molecule has 1 aromatic rings. The lowest BCUT2D eigenvalue weighted by Crippen LogP contribution is -2.26. The SMILES string of the molecule is O=C(O)C1CC(=O)N(c2cc(Cl)ccn2)C1. The van der Waals surface area contributed by atoms with E-state index in [1.54, 1.807) is 12.1 Å². The third kappa shape index (κ3) is 1.99. The molecule has 0 saturated carbocycles. The number of nitrogens with zero attached hydrogens (tertiary/aromatic N) is 2. The summed E-state index contributed by atoms with van der Waals surface area (Å²) >= 11 is 5.78. The Balaban J connectivity index is 2.23. The largest absolute Gasteiger partial charge is 0.481 e. The maximum absolute atomic E-state index is 11.6. The summed E-state index contributed by atoms with van der Waals surface area (Å²) in [6.45, 7) is 0.154. The fourth-order valence-corrected chi connectivity index (χ4v) is 1.79. The molecule has 0 aliphatic carbocycles. The topological polar surface area (TPSA) is 70.5 Å². The predicted octanol–water partition coefficient (Wildman–Crippen LogP) is 1.17. The van der Waals surface area contributed by atoms with E-state index < -0.39 is 11.9 Å². The van der Waals surface area contributed by atoms with Crippen molar-refractivity contribution in [3.8, 4) is 0 Å². The average Bonchev–Trinajstić information content (AvgIpc) is 2.60. The third-order valence-corrected chi connectivity index (χ3v) is 2.69. The molecule has 1 N–H and O–H groups in total. The molecule has 0 radical (unpaired) electrons. The molecule has 0 bridgehead atoms. The number of carboxylic acids is 1. The summed E-state index contributed by atoms with van der Waals surface area (Å²) in [6, 6.07) is 3.14. The van der Waals surface area contributed by atoms with E-state index in [2.05, 4.69) is 4.98 Å². The number of rotatable bonds is 2. The lowest BCUT2D eigenvalue weighted by molar-refractivity contribution is -0.141. The molecule has 1 aliphatic rings. The summed E-state index contributed by atoms with van der Waals surface area (Å²) in [5.74, 6) is -1.45. The Bertz CT molecular complexity index is 449. The van der Waals surface area contributed by atoms with Crippen molar-refractivity contribution in [2.45, 2.75) is 6.42 Å². The van der Waals surface area contributed by atoms with Crippen LogP contribution in [-0.2, 0) is 9.59 Å². The summed E-state index contributed by atoms with van der Waals surface area (Å²) in [4.78, 5) is 27.7. The van der Waals surface area contributed by atoms with Gasteiger partial charge in [0.15, 0.2) is 0 Å². The molecular weight excluding hydrogens is 232 g/mol. The lowest BCUT2D eigenvalue weighted by atomic mass is 10.1. The molecule has 0 spiro atoms. The number of halogens is 1. The molecule has 2 heterocycles. The predicted molar refractivity (Wildman–Crippen MR) is 57.3 cm³/mol. The van der Waals surface area contributed by atoms with E-state index >= 15 is 0 Å². The maximum Gasteiger partial charge on any atom is 0.308 e. The van der Waals surface area contributed by atoms with Crippen molar-refractivity contribution in [2.75, 3.05) is 11.4 Å². The fourth-order valence-electron chi connectivity index (χ4n) is 1.64. The van der Waals surface area contributed by atoms with Crippen LogP contribution >= 0.6 is 11.6 Å². The van der Waals surface area contributed by atoms with Crippen LogP contribution in [0.1, 0.15) is 6.42 Å². The first-order chi connectivity index (χ1) is 7.58. The Morgan fingerprint density at radius 1 is 1.62 bits per heavy atom. The van der Waals surface area contributed by atoms with E-state index in [-0.39, 0.29) is 18.9 Å². The highest BCUT2D eigenvalue weighted by molar-refractivity contribution is 6.30. The maximum atomic E-state index is 11.6. The number of anilines is 1. The Hall–Kier alpha value is -1.62. The van der Waals surface area contributed by atoms with Gasteiger partial charge in [0.1, 0.15) is 5.82 Å². The number of pyridine rings is 1. The zero-order chi connectivity index (χ0) is 11.7. The molecule has 1 atom stereocenters. The van der Waals surface area contributed by atoms with Crippen molar-refractivity contribution in [3.05, 3.63) is 23.4 Å². The molecule has 1 saturated heterocycles. The minimum absolute atomic E-state index is 0.0174. The fraction of sp³-hybridized carbons (Fsp3) is 0.300. The van der Waals surface area contributed by atoms with Crippen molar-refractivity contribution >= 4 is 29.3 Å². The highest BCUT2D eigenvalue weighted by Crippen LogP contribution is 2.25. The molecule has 1 amide bonds. The van der Waals surface area contributed by atoms with Crippen LogP contribution in [0.5, 0.6) is 0 Å². The third-order valence-electron chi connectivity index (χ3n) is 2.46. The van der Waals surface area contributed by atoms with Gasteiger partial charge in [-0.25, -0.2) is 4.98 Å². The molecule has 84 valence electrons. The zero-order valence-electron chi connectivity index (χ0n) is 8.26. The smallest absolute Gasteiger partial charge is 0.308 e. The van der Waals surface area contributed by atoms with Gasteiger partial charge in [-0.2, -0.15) is 0 Å². The second kappa shape index (κ2) is 4.09. The van der Waals surface area contributed by atoms with Crippen molar-refractivity contribution in [2.24, 2.45) is 5.92 Å². The van der Waals surface area contributed by atoms with Crippen LogP contribution < -0.4 is 4.90 Å². The Morgan fingerprint density at radius 3 is 2.94 bits per heavy atom. The van der Waals surface area contributed by atoms with E-state index in [1.807, 2.05) is 0 Å². The molecule has 1 aromatic heterocycles. The van der Waals surface area contributed by atoms with Crippen molar-refractivity contribution < 1.29 is 14.7 Å². The minimum atomic E-state index is -0.960. The van der Waals surface area contributed by atoms with E-state index in [4.69, 9.17) is 16.7 Å². The number of aromatic nitrogens is 1. The minimum Gasteiger partial charge on any atom is -0.481 e. The van der Waals surface area contributed by atoms with Crippen LogP contribution in [0.2, 0.25) is 5.02 Å². The van der Waals surface area contributed by atoms with Crippen molar-refractivity contribution in [1.29, 1.82) is 0 Å². The van der Waals surface area contributed by atoms with Gasteiger partial charge in [-0.15, -0.1) is 0 Å². The van der Waals surface area contributed by atoms with Crippen LogP contribution in [0.3, 0.4) is 0 Å². The Labute approximate surface area is 96.7 Å². The monoisotopic (exact) mass is 240 g/mol. The van der Waals surface area contributed by atoms with Crippen LogP contribution in [0.15, 0.2) is 18.3 Å². The zero-order valence-corrected chi connectivity index (χ0v) is 9.02. The second-order valence-corrected chi connectivity index (χ2v) is 4.01. The van der Waals surface area contributed by atoms with E-state index in [0.29, 0.717) is 10.8 Å². The highest BCUT2D eigenvalue weighted by Gasteiger charge is 2.35. The first kappa shape index (κ1) is 10.9. The van der Waals surface area contributed by atoms with Gasteiger partial charge in [0.25, 0.3) is 0 Å². The van der Waals surface area contributed by atoms with Crippen molar-refractivity contribution in [3.63, 3.8) is 0 Å². The molecule has 1 fully saturated rings. The number of carboxylic acid groups (broad SMARTS) is 1. The van der Waals surface area contributed by atoms with Gasteiger partial charge >= 0.3 is 5.97 Å². The number of carbonyl (C=O) groups excluding carboxylic acids is 1. The van der Waals surface area contributed by atoms with Gasteiger partial charge in [0.2, 0.25) is 5.91 Å². The summed E-state index contributed by atoms with van der Waals surface area (Å²) < 4.78 is 0. The number of hydrogen-bond acceptors (Lipinski definition) is 3. The average molecular weight is 241 g/mol. The number of hydrogen-bond donors (Lipinski definition) is 1. The molecule has 5 nitrogen and oxygen atoms in total. The van der Waals surface area contributed by atoms with E-state index in [9.17, 15) is 9.59 Å². The van der Waals surface area contributed by atoms with E-state index in [1.165, 1.54) is 11.1 Å². The molecular formula is C10H9ClN2O3. The summed E-state index contributed by atoms with van der Waals surface area (Å²) in [6.07, 6.45) is 1.50. The van der Waals surface area contributed by atoms with Gasteiger partial charge in [0, 0.05) is 24.2 Å². The molecule has 0 aromatic carbocycles. The normalized spacial score (nSPS) is 20.2. The quantitative estimate of drug-likeness (QED) is 0.843. The molecule has 1 unspecified atom stereocenters. The van der Waals surface area contributed by atoms with Crippen LogP contribution in [0.25, 0.3) is 0 Å². The van der Waals surface area contributed by atoms with Gasteiger partial charge < -0.3 is 5.11 Å². The first-order valence-corrected chi connectivity index (χ1v) is 5.10. The van der Waals surface area contributed by atoms with Crippen LogP contribution in [0, 0.1) is 5.92 Å². The number of amides is 1. The first-order valence-electron chi connectivity index (χ1n) is 4.72. The summed E-state index contributed by atoms with van der Waals surface area (Å²) in [5, 5.41) is 9.29. The molecule has 1 aliphatic heterocycles. The lowest BCUT2D eigenvalue weighted by Gasteiger charge is -2.14. The van der Waals surface area contributed by atoms with E-state index in [0.717, 1.165) is 0 Å². The second-order valence-electron chi connectivity index (χ2n) is 3.58. The van der Waals surface area contributed by atoms with Crippen LogP contribution in [-0.4, -0.2) is 28.5 Å². The summed E-state index contributed by atoms with van der Waals surface area (Å²) in [7, 11) is 0. The molecule has 6 heteroatoms. The molecule has 16 heavy (non-hydrogen) atoms. The number of carbonyl (C=O) groups is 2. The van der Waals surface area contributed by atoms with Gasteiger partial charge in [0.05, 0.1) is 5.92 Å². The molecule has 2 rings (SSSR count). The number of aliphatic carboxylic acids is 1. The van der Waals surface area contributed by atoms with Crippen molar-refractivity contribution in [1.82, 2.24) is 4.98 Å². The Kier molecular flexibility index (Phi) is 2.78. The van der Waals surface area contributed by atoms with Crippen LogP contribution in [0.4, 0.5) is 5.82 Å². The van der Waals surface area contributed by atoms with Gasteiger partial charge in [-0.3, -0.25) is 14.5 Å². The highest BCUT2D eigenvalue weighted by atomic mass is 35.5. The summed E-state index contributed by atoms with van der Waals surface area (Å²) in [5.41, 5.74) is 0. The van der Waals surface area contributed by atoms with Gasteiger partial charge in [-0.1, -0.05) is 11.6 Å².